The van der Waals surface area contributed by atoms with E-state index in [9.17, 15) is 9.36 Å². The van der Waals surface area contributed by atoms with Crippen LogP contribution in [0.5, 0.6) is 0 Å². The van der Waals surface area contributed by atoms with E-state index in [4.69, 9.17) is 9.79 Å². The molecule has 0 heterocycles. The molecule has 94 valence electrons. The Balaban J connectivity index is 2.42. The lowest BCUT2D eigenvalue weighted by atomic mass is 9.98. The van der Waals surface area contributed by atoms with E-state index in [1.807, 2.05) is 30.3 Å². The van der Waals surface area contributed by atoms with Gasteiger partial charge in [0.15, 0.2) is 0 Å². The van der Waals surface area contributed by atoms with Crippen LogP contribution < -0.4 is 0 Å². The van der Waals surface area contributed by atoms with E-state index < -0.39 is 13.8 Å². The normalized spacial score (nSPS) is 13.4. The molecule has 5 heteroatoms. The number of rotatable bonds is 6. The Bertz CT molecular complexity index is 410. The van der Waals surface area contributed by atoms with Crippen molar-refractivity contribution in [3.05, 3.63) is 35.9 Å². The summed E-state index contributed by atoms with van der Waals surface area (Å²) in [5.41, 5.74) is 1.13. The van der Waals surface area contributed by atoms with Gasteiger partial charge in [-0.25, -0.2) is 0 Å². The van der Waals surface area contributed by atoms with Crippen molar-refractivity contribution in [2.24, 2.45) is 5.92 Å². The molecule has 0 bridgehead atoms. The van der Waals surface area contributed by atoms with Crippen molar-refractivity contribution in [3.8, 4) is 0 Å². The number of ketones is 1. The molecule has 0 aliphatic carbocycles. The number of carbonyl (C=O) groups is 1. The predicted octanol–water partition coefficient (Wildman–Crippen LogP) is 2.00. The molecule has 0 saturated carbocycles. The van der Waals surface area contributed by atoms with E-state index in [0.29, 0.717) is 6.42 Å². The summed E-state index contributed by atoms with van der Waals surface area (Å²) in [7, 11) is -4.22. The van der Waals surface area contributed by atoms with Crippen LogP contribution in [0.3, 0.4) is 0 Å². The minimum absolute atomic E-state index is 0.317. The molecule has 2 N–H and O–H groups in total. The smallest absolute Gasteiger partial charge is 0.324 e. The molecular weight excluding hydrogens is 239 g/mol. The molecule has 0 fully saturated rings. The lowest BCUT2D eigenvalue weighted by Gasteiger charge is -2.11. The van der Waals surface area contributed by atoms with Crippen LogP contribution in [0.2, 0.25) is 0 Å². The van der Waals surface area contributed by atoms with Gasteiger partial charge in [0.25, 0.3) is 0 Å². The van der Waals surface area contributed by atoms with Crippen LogP contribution in [0.25, 0.3) is 0 Å². The molecule has 0 spiro atoms. The average molecular weight is 256 g/mol. The molecule has 0 aromatic heterocycles. The second kappa shape index (κ2) is 6.10. The second-order valence-electron chi connectivity index (χ2n) is 4.21. The Morgan fingerprint density at radius 3 is 2.41 bits per heavy atom. The zero-order chi connectivity index (χ0) is 12.9. The number of aryl methyl sites for hydroxylation is 1. The number of Topliss-reactive ketones (excluding diaryl/α,β-unsaturated/α-hetero) is 1. The first-order valence-corrected chi connectivity index (χ1v) is 7.29. The summed E-state index contributed by atoms with van der Waals surface area (Å²) in [5, 5.41) is 0. The van der Waals surface area contributed by atoms with Crippen molar-refractivity contribution in [2.45, 2.75) is 19.8 Å². The van der Waals surface area contributed by atoms with E-state index in [1.165, 1.54) is 0 Å². The molecule has 4 nitrogen and oxygen atoms in total. The zero-order valence-corrected chi connectivity index (χ0v) is 10.6. The largest absolute Gasteiger partial charge is 0.332 e. The summed E-state index contributed by atoms with van der Waals surface area (Å²) >= 11 is 0. The summed E-state index contributed by atoms with van der Waals surface area (Å²) in [5.74, 6) is -0.683. The molecule has 17 heavy (non-hydrogen) atoms. The second-order valence-corrected chi connectivity index (χ2v) is 5.86. The van der Waals surface area contributed by atoms with Gasteiger partial charge in [-0.1, -0.05) is 37.3 Å². The van der Waals surface area contributed by atoms with Crippen LogP contribution in [0.4, 0.5) is 0 Å². The topological polar surface area (TPSA) is 74.6 Å². The lowest BCUT2D eigenvalue weighted by molar-refractivity contribution is -0.120. The third kappa shape index (κ3) is 5.78. The van der Waals surface area contributed by atoms with Crippen LogP contribution in [-0.4, -0.2) is 21.7 Å². The fourth-order valence-corrected chi connectivity index (χ4v) is 2.27. The minimum Gasteiger partial charge on any atom is -0.324 e. The molecule has 1 aromatic carbocycles. The fourth-order valence-electron chi connectivity index (χ4n) is 1.55. The van der Waals surface area contributed by atoms with Gasteiger partial charge >= 0.3 is 7.60 Å². The highest BCUT2D eigenvalue weighted by Crippen LogP contribution is 2.35. The molecule has 0 amide bonds. The van der Waals surface area contributed by atoms with Crippen molar-refractivity contribution < 1.29 is 19.1 Å². The van der Waals surface area contributed by atoms with Gasteiger partial charge in [-0.05, 0) is 18.4 Å². The van der Waals surface area contributed by atoms with Gasteiger partial charge in [0.05, 0.1) is 0 Å². The van der Waals surface area contributed by atoms with Gasteiger partial charge < -0.3 is 9.79 Å². The molecule has 1 atom stereocenters. The number of carbonyl (C=O) groups excluding carboxylic acids is 1. The quantitative estimate of drug-likeness (QED) is 0.763. The Labute approximate surface area is 101 Å². The molecule has 0 aliphatic heterocycles. The van der Waals surface area contributed by atoms with Gasteiger partial charge in [-0.2, -0.15) is 0 Å². The maximum atomic E-state index is 11.5. The highest BCUT2D eigenvalue weighted by Gasteiger charge is 2.23. The van der Waals surface area contributed by atoms with Crippen LogP contribution in [0.1, 0.15) is 18.9 Å². The predicted molar refractivity (Wildman–Crippen MR) is 65.8 cm³/mol. The molecular formula is C12H17O4P. The van der Waals surface area contributed by atoms with Gasteiger partial charge in [-0.3, -0.25) is 9.36 Å². The van der Waals surface area contributed by atoms with Crippen molar-refractivity contribution >= 4 is 13.4 Å². The van der Waals surface area contributed by atoms with Crippen molar-refractivity contribution in [1.29, 1.82) is 0 Å². The summed E-state index contributed by atoms with van der Waals surface area (Å²) in [6, 6.07) is 9.72. The van der Waals surface area contributed by atoms with Crippen molar-refractivity contribution in [3.63, 3.8) is 0 Å². The number of hydrogen-bond acceptors (Lipinski definition) is 2. The Kier molecular flexibility index (Phi) is 5.06. The summed E-state index contributed by atoms with van der Waals surface area (Å²) in [4.78, 5) is 28.9. The standard InChI is InChI=1S/C12H17O4P/c1-10(12(13)9-17(14,15)16)7-8-11-5-3-2-4-6-11/h2-6,10H,7-9H2,1H3,(H2,14,15,16)/t10-/m0/s1. The summed E-state index contributed by atoms with van der Waals surface area (Å²) in [6.07, 6.45) is 0.709. The van der Waals surface area contributed by atoms with Crippen LogP contribution in [-0.2, 0) is 15.8 Å². The third-order valence-corrected chi connectivity index (χ3v) is 3.34. The highest BCUT2D eigenvalue weighted by molar-refractivity contribution is 7.52. The third-order valence-electron chi connectivity index (χ3n) is 2.62. The lowest BCUT2D eigenvalue weighted by Crippen LogP contribution is -2.16. The first-order chi connectivity index (χ1) is 7.88. The van der Waals surface area contributed by atoms with E-state index >= 15 is 0 Å². The van der Waals surface area contributed by atoms with Crippen molar-refractivity contribution in [2.75, 3.05) is 6.16 Å². The van der Waals surface area contributed by atoms with E-state index in [1.54, 1.807) is 6.92 Å². The van der Waals surface area contributed by atoms with E-state index in [2.05, 4.69) is 0 Å². The Morgan fingerprint density at radius 2 is 1.88 bits per heavy atom. The number of benzene rings is 1. The fraction of sp³-hybridized carbons (Fsp3) is 0.417. The molecule has 0 radical (unpaired) electrons. The first-order valence-electron chi connectivity index (χ1n) is 5.49. The average Bonchev–Trinajstić information content (AvgIpc) is 2.25. The molecule has 1 aromatic rings. The maximum Gasteiger partial charge on any atom is 0.332 e. The first kappa shape index (κ1) is 14.1. The van der Waals surface area contributed by atoms with Crippen LogP contribution in [0.15, 0.2) is 30.3 Å². The summed E-state index contributed by atoms with van der Waals surface area (Å²) < 4.78 is 10.7. The zero-order valence-electron chi connectivity index (χ0n) is 9.74. The summed E-state index contributed by atoms with van der Waals surface area (Å²) in [6.45, 7) is 1.71. The van der Waals surface area contributed by atoms with E-state index in [-0.39, 0.29) is 11.7 Å². The Hall–Kier alpha value is -0.960. The minimum atomic E-state index is -4.22. The van der Waals surface area contributed by atoms with Crippen LogP contribution in [0, 0.1) is 5.92 Å². The Morgan fingerprint density at radius 1 is 1.29 bits per heavy atom. The monoisotopic (exact) mass is 256 g/mol. The SMILES string of the molecule is C[C@@H](CCc1ccccc1)C(=O)CP(=O)(O)O. The molecule has 0 aliphatic rings. The maximum absolute atomic E-state index is 11.5. The van der Waals surface area contributed by atoms with Crippen molar-refractivity contribution in [1.82, 2.24) is 0 Å². The van der Waals surface area contributed by atoms with Gasteiger partial charge in [0.1, 0.15) is 11.9 Å². The molecule has 0 unspecified atom stereocenters. The van der Waals surface area contributed by atoms with Crippen LogP contribution >= 0.6 is 7.60 Å². The molecule has 0 saturated heterocycles. The van der Waals surface area contributed by atoms with Gasteiger partial charge in [-0.15, -0.1) is 0 Å². The van der Waals surface area contributed by atoms with E-state index in [0.717, 1.165) is 12.0 Å². The number of hydrogen-bond donors (Lipinski definition) is 2. The van der Waals surface area contributed by atoms with Gasteiger partial charge in [0.2, 0.25) is 0 Å². The van der Waals surface area contributed by atoms with Gasteiger partial charge in [0, 0.05) is 5.92 Å². The molecule has 1 rings (SSSR count). The highest BCUT2D eigenvalue weighted by atomic mass is 31.2.